The van der Waals surface area contributed by atoms with Crippen molar-refractivity contribution in [1.29, 1.82) is 0 Å². The molecule has 0 saturated heterocycles. The SMILES string of the molecule is CCNC(=O)c1coc(CN(Cc2ccc3c(c2)OCO3)Cc2cc(OC)ccc2OC)n1. The Hall–Kier alpha value is -3.72. The van der Waals surface area contributed by atoms with Crippen LogP contribution >= 0.6 is 0 Å². The van der Waals surface area contributed by atoms with Crippen molar-refractivity contribution in [2.24, 2.45) is 0 Å². The van der Waals surface area contributed by atoms with Crippen LogP contribution < -0.4 is 24.3 Å². The van der Waals surface area contributed by atoms with Gasteiger partial charge in [-0.05, 0) is 42.8 Å². The number of methoxy groups -OCH3 is 2. The maximum Gasteiger partial charge on any atom is 0.273 e. The third kappa shape index (κ3) is 5.38. The molecule has 33 heavy (non-hydrogen) atoms. The van der Waals surface area contributed by atoms with Gasteiger partial charge in [-0.1, -0.05) is 6.07 Å². The molecule has 4 rings (SSSR count). The summed E-state index contributed by atoms with van der Waals surface area (Å²) in [5, 5.41) is 2.73. The molecule has 1 amide bonds. The number of rotatable bonds is 10. The number of ether oxygens (including phenoxy) is 4. The maximum atomic E-state index is 12.1. The van der Waals surface area contributed by atoms with Gasteiger partial charge in [0.05, 0.1) is 20.8 Å². The van der Waals surface area contributed by atoms with Crippen LogP contribution in [0.5, 0.6) is 23.0 Å². The van der Waals surface area contributed by atoms with Gasteiger partial charge in [0, 0.05) is 25.2 Å². The number of amides is 1. The molecule has 0 radical (unpaired) electrons. The van der Waals surface area contributed by atoms with E-state index in [9.17, 15) is 4.79 Å². The first-order valence-electron chi connectivity index (χ1n) is 10.6. The van der Waals surface area contributed by atoms with E-state index in [0.29, 0.717) is 32.1 Å². The van der Waals surface area contributed by atoms with Crippen molar-refractivity contribution in [1.82, 2.24) is 15.2 Å². The number of aromatic nitrogens is 1. The molecule has 0 atom stereocenters. The molecule has 1 N–H and O–H groups in total. The Morgan fingerprint density at radius 3 is 2.70 bits per heavy atom. The average molecular weight is 453 g/mol. The van der Waals surface area contributed by atoms with E-state index in [1.807, 2.05) is 43.3 Å². The first-order valence-corrected chi connectivity index (χ1v) is 10.6. The molecular formula is C24H27N3O6. The summed E-state index contributed by atoms with van der Waals surface area (Å²) in [6.45, 7) is 4.10. The number of carbonyl (C=O) groups is 1. The van der Waals surface area contributed by atoms with Gasteiger partial charge < -0.3 is 28.7 Å². The van der Waals surface area contributed by atoms with Crippen LogP contribution in [0.3, 0.4) is 0 Å². The Morgan fingerprint density at radius 2 is 1.91 bits per heavy atom. The maximum absolute atomic E-state index is 12.1. The molecule has 1 aromatic heterocycles. The van der Waals surface area contributed by atoms with Crippen molar-refractivity contribution in [3.05, 3.63) is 65.4 Å². The van der Waals surface area contributed by atoms with Crippen LogP contribution in [0.2, 0.25) is 0 Å². The number of hydrogen-bond donors (Lipinski definition) is 1. The van der Waals surface area contributed by atoms with Crippen molar-refractivity contribution >= 4 is 5.91 Å². The summed E-state index contributed by atoms with van der Waals surface area (Å²) >= 11 is 0. The van der Waals surface area contributed by atoms with Gasteiger partial charge in [0.1, 0.15) is 17.8 Å². The molecule has 0 unspecified atom stereocenters. The second-order valence-corrected chi connectivity index (χ2v) is 7.50. The van der Waals surface area contributed by atoms with Crippen LogP contribution in [0.1, 0.15) is 34.4 Å². The van der Waals surface area contributed by atoms with E-state index < -0.39 is 0 Å². The van der Waals surface area contributed by atoms with E-state index in [-0.39, 0.29) is 18.4 Å². The number of carbonyl (C=O) groups excluding carboxylic acids is 1. The Morgan fingerprint density at radius 1 is 1.06 bits per heavy atom. The van der Waals surface area contributed by atoms with Gasteiger partial charge in [0.2, 0.25) is 12.7 Å². The fraction of sp³-hybridized carbons (Fsp3) is 0.333. The number of hydrogen-bond acceptors (Lipinski definition) is 8. The largest absolute Gasteiger partial charge is 0.497 e. The van der Waals surface area contributed by atoms with Crippen LogP contribution in [-0.2, 0) is 19.6 Å². The highest BCUT2D eigenvalue weighted by Crippen LogP contribution is 2.33. The zero-order valence-corrected chi connectivity index (χ0v) is 18.9. The average Bonchev–Trinajstić information content (AvgIpc) is 3.48. The second-order valence-electron chi connectivity index (χ2n) is 7.50. The van der Waals surface area contributed by atoms with Gasteiger partial charge in [-0.3, -0.25) is 9.69 Å². The molecular weight excluding hydrogens is 426 g/mol. The Kier molecular flexibility index (Phi) is 6.99. The smallest absolute Gasteiger partial charge is 0.273 e. The van der Waals surface area contributed by atoms with Gasteiger partial charge in [-0.25, -0.2) is 4.98 Å². The van der Waals surface area contributed by atoms with Crippen molar-refractivity contribution in [2.75, 3.05) is 27.6 Å². The first kappa shape index (κ1) is 22.5. The molecule has 9 nitrogen and oxygen atoms in total. The van der Waals surface area contributed by atoms with Gasteiger partial charge >= 0.3 is 0 Å². The number of benzene rings is 2. The molecule has 1 aliphatic rings. The molecule has 3 aromatic rings. The lowest BCUT2D eigenvalue weighted by Gasteiger charge is -2.22. The number of nitrogens with one attached hydrogen (secondary N) is 1. The Labute approximate surface area is 192 Å². The molecule has 1 aliphatic heterocycles. The molecule has 9 heteroatoms. The summed E-state index contributed by atoms with van der Waals surface area (Å²) in [5.41, 5.74) is 2.25. The van der Waals surface area contributed by atoms with E-state index in [1.165, 1.54) is 6.26 Å². The van der Waals surface area contributed by atoms with Gasteiger partial charge in [-0.2, -0.15) is 0 Å². The molecule has 2 heterocycles. The lowest BCUT2D eigenvalue weighted by Crippen LogP contribution is -2.24. The third-order valence-corrected chi connectivity index (χ3v) is 5.21. The van der Waals surface area contributed by atoms with Crippen molar-refractivity contribution < 1.29 is 28.2 Å². The summed E-state index contributed by atoms with van der Waals surface area (Å²) in [4.78, 5) is 18.6. The summed E-state index contributed by atoms with van der Waals surface area (Å²) in [6, 6.07) is 11.6. The van der Waals surface area contributed by atoms with E-state index in [2.05, 4.69) is 15.2 Å². The van der Waals surface area contributed by atoms with Crippen LogP contribution in [0.15, 0.2) is 47.1 Å². The fourth-order valence-electron chi connectivity index (χ4n) is 3.64. The number of nitrogens with zero attached hydrogens (tertiary/aromatic N) is 2. The van der Waals surface area contributed by atoms with Crippen LogP contribution in [0.25, 0.3) is 0 Å². The minimum atomic E-state index is -0.260. The van der Waals surface area contributed by atoms with Crippen molar-refractivity contribution in [3.8, 4) is 23.0 Å². The summed E-state index contributed by atoms with van der Waals surface area (Å²) in [5.74, 6) is 3.13. The molecule has 0 fully saturated rings. The van der Waals surface area contributed by atoms with Crippen LogP contribution in [-0.4, -0.2) is 43.3 Å². The topological polar surface area (TPSA) is 95.3 Å². The molecule has 0 saturated carbocycles. The van der Waals surface area contributed by atoms with Crippen molar-refractivity contribution in [2.45, 2.75) is 26.6 Å². The molecule has 174 valence electrons. The predicted octanol–water partition coefficient (Wildman–Crippen LogP) is 3.37. The molecule has 0 aliphatic carbocycles. The highest BCUT2D eigenvalue weighted by molar-refractivity contribution is 5.91. The molecule has 0 spiro atoms. The van der Waals surface area contributed by atoms with E-state index in [1.54, 1.807) is 14.2 Å². The predicted molar refractivity (Wildman–Crippen MR) is 120 cm³/mol. The van der Waals surface area contributed by atoms with Gasteiger partial charge in [0.25, 0.3) is 5.91 Å². The van der Waals surface area contributed by atoms with Crippen molar-refractivity contribution in [3.63, 3.8) is 0 Å². The fourth-order valence-corrected chi connectivity index (χ4v) is 3.64. The minimum Gasteiger partial charge on any atom is -0.497 e. The molecule has 2 aromatic carbocycles. The second kappa shape index (κ2) is 10.3. The van der Waals surface area contributed by atoms with E-state index in [4.69, 9.17) is 23.4 Å². The standard InChI is InChI=1S/C24H27N3O6/c1-4-25-24(28)19-14-31-23(26-19)13-27(11-16-5-7-21-22(9-16)33-15-32-21)12-17-10-18(29-2)6-8-20(17)30-3/h5-10,14H,4,11-13,15H2,1-3H3,(H,25,28). The monoisotopic (exact) mass is 453 g/mol. The van der Waals surface area contributed by atoms with E-state index in [0.717, 1.165) is 34.1 Å². The Balaban J connectivity index is 1.59. The lowest BCUT2D eigenvalue weighted by molar-refractivity contribution is 0.0950. The first-order chi connectivity index (χ1) is 16.1. The minimum absolute atomic E-state index is 0.225. The highest BCUT2D eigenvalue weighted by atomic mass is 16.7. The quantitative estimate of drug-likeness (QED) is 0.499. The molecule has 0 bridgehead atoms. The van der Waals surface area contributed by atoms with Gasteiger partial charge in [0.15, 0.2) is 17.2 Å². The summed E-state index contributed by atoms with van der Waals surface area (Å²) in [6.07, 6.45) is 1.38. The van der Waals surface area contributed by atoms with Crippen LogP contribution in [0.4, 0.5) is 0 Å². The zero-order valence-electron chi connectivity index (χ0n) is 18.9. The number of oxazole rings is 1. The summed E-state index contributed by atoms with van der Waals surface area (Å²) in [7, 11) is 3.27. The van der Waals surface area contributed by atoms with Gasteiger partial charge in [-0.15, -0.1) is 0 Å². The van der Waals surface area contributed by atoms with E-state index >= 15 is 0 Å². The lowest BCUT2D eigenvalue weighted by atomic mass is 10.1. The normalized spacial score (nSPS) is 12.1. The zero-order chi connectivity index (χ0) is 23.2. The summed E-state index contributed by atoms with van der Waals surface area (Å²) < 4.78 is 27.5. The Bertz CT molecular complexity index is 1110. The third-order valence-electron chi connectivity index (χ3n) is 5.21. The van der Waals surface area contributed by atoms with Crippen LogP contribution in [0, 0.1) is 0 Å². The highest BCUT2D eigenvalue weighted by Gasteiger charge is 2.19. The number of fused-ring (bicyclic) bond motifs is 1.